The molecule has 2 aromatic rings. The van der Waals surface area contributed by atoms with Gasteiger partial charge in [-0.25, -0.2) is 9.18 Å². The second kappa shape index (κ2) is 5.54. The van der Waals surface area contributed by atoms with Crippen LogP contribution in [0.25, 0.3) is 11.8 Å². The Hall–Kier alpha value is -2.39. The largest absolute Gasteiger partial charge is 0.422 e. The Morgan fingerprint density at radius 1 is 1.10 bits per heavy atom. The minimum absolute atomic E-state index is 0.335. The van der Waals surface area contributed by atoms with Crippen molar-refractivity contribution >= 4 is 29.4 Å². The molecule has 21 heavy (non-hydrogen) atoms. The van der Waals surface area contributed by atoms with Gasteiger partial charge in [-0.15, -0.1) is 0 Å². The Kier molecular flexibility index (Phi) is 3.59. The molecular weight excluding hydrogens is 291 g/mol. The molecule has 0 bridgehead atoms. The summed E-state index contributed by atoms with van der Waals surface area (Å²) in [7, 11) is 0. The number of hydrogen-bond donors (Lipinski definition) is 0. The van der Waals surface area contributed by atoms with Crippen LogP contribution in [0, 0.1) is 5.82 Å². The lowest BCUT2D eigenvalue weighted by atomic mass is 10.1. The van der Waals surface area contributed by atoms with Crippen LogP contribution in [0.1, 0.15) is 11.1 Å². The average molecular weight is 301 g/mol. The maximum absolute atomic E-state index is 12.9. The standard InChI is InChI=1S/C17H10ClFO2/c18-14-3-1-2-11(9-14)8-13-10-16(21-17(13)20)12-4-6-15(19)7-5-12/h1-10H/b13-8-. The van der Waals surface area contributed by atoms with E-state index in [0.29, 0.717) is 21.9 Å². The second-order valence-electron chi connectivity index (χ2n) is 4.56. The van der Waals surface area contributed by atoms with Gasteiger partial charge in [-0.1, -0.05) is 23.7 Å². The van der Waals surface area contributed by atoms with Gasteiger partial charge in [-0.2, -0.15) is 0 Å². The number of esters is 1. The van der Waals surface area contributed by atoms with E-state index < -0.39 is 5.97 Å². The highest BCUT2D eigenvalue weighted by Gasteiger charge is 2.21. The summed E-state index contributed by atoms with van der Waals surface area (Å²) in [5, 5.41) is 0.596. The summed E-state index contributed by atoms with van der Waals surface area (Å²) in [6.07, 6.45) is 3.33. The zero-order valence-electron chi connectivity index (χ0n) is 10.8. The van der Waals surface area contributed by atoms with E-state index in [-0.39, 0.29) is 5.82 Å². The summed E-state index contributed by atoms with van der Waals surface area (Å²) in [6.45, 7) is 0. The van der Waals surface area contributed by atoms with E-state index in [2.05, 4.69) is 0 Å². The van der Waals surface area contributed by atoms with Crippen molar-refractivity contribution in [2.45, 2.75) is 0 Å². The van der Waals surface area contributed by atoms with Crippen molar-refractivity contribution in [1.82, 2.24) is 0 Å². The lowest BCUT2D eigenvalue weighted by Crippen LogP contribution is -1.97. The molecule has 2 nitrogen and oxygen atoms in total. The molecular formula is C17H10ClFO2. The van der Waals surface area contributed by atoms with Crippen LogP contribution in [-0.4, -0.2) is 5.97 Å². The van der Waals surface area contributed by atoms with Crippen molar-refractivity contribution in [3.05, 3.63) is 82.1 Å². The first kappa shape index (κ1) is 13.6. The Labute approximate surface area is 126 Å². The summed E-state index contributed by atoms with van der Waals surface area (Å²) in [4.78, 5) is 11.9. The van der Waals surface area contributed by atoms with Gasteiger partial charge in [-0.05, 0) is 54.1 Å². The molecule has 0 aliphatic carbocycles. The summed E-state index contributed by atoms with van der Waals surface area (Å²) in [5.74, 6) is -0.360. The molecule has 4 heteroatoms. The molecule has 0 N–H and O–H groups in total. The molecule has 0 fully saturated rings. The highest BCUT2D eigenvalue weighted by atomic mass is 35.5. The topological polar surface area (TPSA) is 26.3 Å². The smallest absolute Gasteiger partial charge is 0.343 e. The first-order chi connectivity index (χ1) is 10.1. The molecule has 0 unspecified atom stereocenters. The van der Waals surface area contributed by atoms with Gasteiger partial charge >= 0.3 is 5.97 Å². The quantitative estimate of drug-likeness (QED) is 0.604. The monoisotopic (exact) mass is 300 g/mol. The lowest BCUT2D eigenvalue weighted by Gasteiger charge is -2.00. The van der Waals surface area contributed by atoms with Crippen LogP contribution in [0.4, 0.5) is 4.39 Å². The minimum Gasteiger partial charge on any atom is -0.422 e. The number of benzene rings is 2. The van der Waals surface area contributed by atoms with Crippen LogP contribution < -0.4 is 0 Å². The summed E-state index contributed by atoms with van der Waals surface area (Å²) < 4.78 is 18.1. The fourth-order valence-corrected chi connectivity index (χ4v) is 2.22. The molecule has 0 saturated heterocycles. The Balaban J connectivity index is 1.93. The molecule has 1 aliphatic rings. The van der Waals surface area contributed by atoms with E-state index in [9.17, 15) is 9.18 Å². The van der Waals surface area contributed by atoms with Crippen LogP contribution >= 0.6 is 11.6 Å². The number of rotatable bonds is 2. The van der Waals surface area contributed by atoms with Crippen molar-refractivity contribution in [3.63, 3.8) is 0 Å². The minimum atomic E-state index is -0.436. The molecule has 3 rings (SSSR count). The molecule has 0 atom stereocenters. The third-order valence-corrected chi connectivity index (χ3v) is 3.26. The average Bonchev–Trinajstić information content (AvgIpc) is 2.81. The summed E-state index contributed by atoms with van der Waals surface area (Å²) in [5.41, 5.74) is 1.89. The molecule has 0 aromatic heterocycles. The van der Waals surface area contributed by atoms with Gasteiger partial charge in [0.1, 0.15) is 11.6 Å². The van der Waals surface area contributed by atoms with Gasteiger partial charge in [0.2, 0.25) is 0 Å². The molecule has 0 spiro atoms. The third-order valence-electron chi connectivity index (χ3n) is 3.02. The van der Waals surface area contributed by atoms with Crippen LogP contribution in [0.3, 0.4) is 0 Å². The number of carbonyl (C=O) groups is 1. The maximum Gasteiger partial charge on any atom is 0.343 e. The molecule has 1 heterocycles. The van der Waals surface area contributed by atoms with Crippen molar-refractivity contribution in [3.8, 4) is 0 Å². The summed E-state index contributed by atoms with van der Waals surface area (Å²) >= 11 is 5.91. The van der Waals surface area contributed by atoms with Crippen molar-refractivity contribution < 1.29 is 13.9 Å². The molecule has 2 aromatic carbocycles. The molecule has 0 saturated carbocycles. The van der Waals surface area contributed by atoms with Crippen molar-refractivity contribution in [1.29, 1.82) is 0 Å². The molecule has 0 radical (unpaired) electrons. The van der Waals surface area contributed by atoms with Crippen LogP contribution in [-0.2, 0) is 9.53 Å². The van der Waals surface area contributed by atoms with E-state index in [4.69, 9.17) is 16.3 Å². The SMILES string of the molecule is O=C1OC(c2ccc(F)cc2)=C/C1=C/c1cccc(Cl)c1. The van der Waals surface area contributed by atoms with E-state index in [1.165, 1.54) is 12.1 Å². The van der Waals surface area contributed by atoms with Gasteiger partial charge < -0.3 is 4.74 Å². The Morgan fingerprint density at radius 2 is 1.86 bits per heavy atom. The number of cyclic esters (lactones) is 1. The van der Waals surface area contributed by atoms with E-state index in [0.717, 1.165) is 5.56 Å². The van der Waals surface area contributed by atoms with Crippen molar-refractivity contribution in [2.24, 2.45) is 0 Å². The lowest BCUT2D eigenvalue weighted by molar-refractivity contribution is -0.130. The van der Waals surface area contributed by atoms with Crippen molar-refractivity contribution in [2.75, 3.05) is 0 Å². The van der Waals surface area contributed by atoms with Gasteiger partial charge in [0.25, 0.3) is 0 Å². The fourth-order valence-electron chi connectivity index (χ4n) is 2.02. The first-order valence-electron chi connectivity index (χ1n) is 6.29. The zero-order chi connectivity index (χ0) is 14.8. The predicted octanol–water partition coefficient (Wildman–Crippen LogP) is 4.46. The van der Waals surface area contributed by atoms with Crippen LogP contribution in [0.2, 0.25) is 5.02 Å². The van der Waals surface area contributed by atoms with Crippen LogP contribution in [0.15, 0.2) is 60.2 Å². The molecule has 104 valence electrons. The van der Waals surface area contributed by atoms with E-state index >= 15 is 0 Å². The van der Waals surface area contributed by atoms with Gasteiger partial charge in [0.15, 0.2) is 0 Å². The maximum atomic E-state index is 12.9. The molecule has 1 aliphatic heterocycles. The van der Waals surface area contributed by atoms with Gasteiger partial charge in [-0.3, -0.25) is 0 Å². The van der Waals surface area contributed by atoms with Gasteiger partial charge in [0, 0.05) is 10.6 Å². The normalized spacial score (nSPS) is 16.0. The predicted molar refractivity (Wildman–Crippen MR) is 79.9 cm³/mol. The molecule has 0 amide bonds. The van der Waals surface area contributed by atoms with Gasteiger partial charge in [0.05, 0.1) is 5.57 Å². The third kappa shape index (κ3) is 3.03. The zero-order valence-corrected chi connectivity index (χ0v) is 11.6. The van der Waals surface area contributed by atoms with E-state index in [1.807, 2.05) is 6.07 Å². The Bertz CT molecular complexity index is 761. The highest BCUT2D eigenvalue weighted by Crippen LogP contribution is 2.27. The number of halogens is 2. The Morgan fingerprint density at radius 3 is 2.57 bits per heavy atom. The van der Waals surface area contributed by atoms with E-state index in [1.54, 1.807) is 42.5 Å². The number of carbonyl (C=O) groups excluding carboxylic acids is 1. The highest BCUT2D eigenvalue weighted by molar-refractivity contribution is 6.30. The fraction of sp³-hybridized carbons (Fsp3) is 0. The summed E-state index contributed by atoms with van der Waals surface area (Å²) in [6, 6.07) is 12.9. The second-order valence-corrected chi connectivity index (χ2v) is 5.00. The van der Waals surface area contributed by atoms with Crippen LogP contribution in [0.5, 0.6) is 0 Å². The number of hydrogen-bond acceptors (Lipinski definition) is 2. The first-order valence-corrected chi connectivity index (χ1v) is 6.67. The number of ether oxygens (including phenoxy) is 1.